The molecule has 1 N–H and O–H groups in total. The molecule has 1 amide bonds. The molecule has 3 aromatic rings. The van der Waals surface area contributed by atoms with E-state index in [4.69, 9.17) is 0 Å². The fraction of sp³-hybridized carbons (Fsp3) is 0.167. The first-order chi connectivity index (χ1) is 12.0. The molecule has 5 nitrogen and oxygen atoms in total. The predicted octanol–water partition coefficient (Wildman–Crippen LogP) is 2.88. The first kappa shape index (κ1) is 16.0. The molecule has 0 spiro atoms. The summed E-state index contributed by atoms with van der Waals surface area (Å²) in [4.78, 5) is 29.1. The van der Waals surface area contributed by atoms with Crippen molar-refractivity contribution in [1.82, 2.24) is 14.7 Å². The summed E-state index contributed by atoms with van der Waals surface area (Å²) < 4.78 is 15.3. The summed E-state index contributed by atoms with van der Waals surface area (Å²) in [6, 6.07) is 9.71. The maximum Gasteiger partial charge on any atom is 0.270 e. The van der Waals surface area contributed by atoms with Gasteiger partial charge in [0.05, 0.1) is 0 Å². The van der Waals surface area contributed by atoms with Crippen LogP contribution in [0.4, 0.5) is 4.39 Å². The Kier molecular flexibility index (Phi) is 3.88. The Bertz CT molecular complexity index is 1050. The number of nitrogens with zero attached hydrogens (tertiary/aromatic N) is 2. The number of aromatic nitrogens is 2. The molecule has 126 valence electrons. The van der Waals surface area contributed by atoms with E-state index in [9.17, 15) is 14.0 Å². The Morgan fingerprint density at radius 3 is 2.96 bits per heavy atom. The largest absolute Gasteiger partial charge is 0.348 e. The summed E-state index contributed by atoms with van der Waals surface area (Å²) in [5, 5.41) is 2.83. The Morgan fingerprint density at radius 1 is 1.32 bits per heavy atom. The van der Waals surface area contributed by atoms with Gasteiger partial charge in [0.15, 0.2) is 0 Å². The van der Waals surface area contributed by atoms with Crippen LogP contribution in [0.5, 0.6) is 0 Å². The topological polar surface area (TPSA) is 63.5 Å². The Hall–Kier alpha value is -2.54. The van der Waals surface area contributed by atoms with E-state index in [0.717, 1.165) is 16.5 Å². The molecular formula is C18H13BrFN3O2. The monoisotopic (exact) mass is 401 g/mol. The average Bonchev–Trinajstić information content (AvgIpc) is 3.35. The van der Waals surface area contributed by atoms with Crippen LogP contribution < -0.4 is 10.9 Å². The van der Waals surface area contributed by atoms with Gasteiger partial charge in [-0.1, -0.05) is 12.1 Å². The molecule has 1 saturated carbocycles. The molecule has 1 aliphatic carbocycles. The first-order valence-corrected chi connectivity index (χ1v) is 8.55. The van der Waals surface area contributed by atoms with E-state index >= 15 is 0 Å². The van der Waals surface area contributed by atoms with Crippen LogP contribution in [-0.2, 0) is 0 Å². The minimum atomic E-state index is -0.462. The van der Waals surface area contributed by atoms with E-state index < -0.39 is 11.5 Å². The van der Waals surface area contributed by atoms with Gasteiger partial charge < -0.3 is 5.32 Å². The summed E-state index contributed by atoms with van der Waals surface area (Å²) in [5.41, 5.74) is 0.878. The van der Waals surface area contributed by atoms with Gasteiger partial charge in [0.25, 0.3) is 11.5 Å². The summed E-state index contributed by atoms with van der Waals surface area (Å²) in [6.45, 7) is 0. The highest BCUT2D eigenvalue weighted by Gasteiger charge is 2.40. The zero-order chi connectivity index (χ0) is 17.6. The number of hydrogen-bond donors (Lipinski definition) is 1. The number of amides is 1. The lowest BCUT2D eigenvalue weighted by Crippen LogP contribution is -2.33. The SMILES string of the molecule is O=C(N[C@@H]1C[C@@H]1c1cccc(F)c1)c1cnc2ccc(Br)cn2c1=O. The van der Waals surface area contributed by atoms with E-state index in [1.54, 1.807) is 24.4 Å². The molecule has 1 aliphatic rings. The number of nitrogens with one attached hydrogen (secondary N) is 1. The minimum absolute atomic E-state index is 0.0134. The summed E-state index contributed by atoms with van der Waals surface area (Å²) in [5.74, 6) is -0.683. The van der Waals surface area contributed by atoms with E-state index in [-0.39, 0.29) is 23.3 Å². The molecule has 4 rings (SSSR count). The molecule has 7 heteroatoms. The molecule has 2 aromatic heterocycles. The van der Waals surface area contributed by atoms with E-state index in [1.807, 2.05) is 6.07 Å². The zero-order valence-electron chi connectivity index (χ0n) is 12.9. The predicted molar refractivity (Wildman–Crippen MR) is 94.2 cm³/mol. The van der Waals surface area contributed by atoms with E-state index in [1.165, 1.54) is 22.7 Å². The van der Waals surface area contributed by atoms with Gasteiger partial charge in [0.1, 0.15) is 17.0 Å². The molecule has 0 unspecified atom stereocenters. The second-order valence-electron chi connectivity index (χ2n) is 6.03. The number of rotatable bonds is 3. The molecule has 0 bridgehead atoms. The zero-order valence-corrected chi connectivity index (χ0v) is 14.5. The average molecular weight is 402 g/mol. The smallest absolute Gasteiger partial charge is 0.270 e. The van der Waals surface area contributed by atoms with Crippen LogP contribution >= 0.6 is 15.9 Å². The van der Waals surface area contributed by atoms with Gasteiger partial charge in [-0.25, -0.2) is 9.37 Å². The lowest BCUT2D eigenvalue weighted by atomic mass is 10.1. The molecule has 2 atom stereocenters. The summed E-state index contributed by atoms with van der Waals surface area (Å²) in [6.07, 6.45) is 3.59. The summed E-state index contributed by atoms with van der Waals surface area (Å²) in [7, 11) is 0. The number of carbonyl (C=O) groups excluding carboxylic acids is 1. The quantitative estimate of drug-likeness (QED) is 0.733. The minimum Gasteiger partial charge on any atom is -0.348 e. The third kappa shape index (κ3) is 3.07. The van der Waals surface area contributed by atoms with Crippen molar-refractivity contribution in [1.29, 1.82) is 0 Å². The second kappa shape index (κ2) is 6.07. The van der Waals surface area contributed by atoms with Crippen LogP contribution in [0.15, 0.2) is 58.1 Å². The fourth-order valence-corrected chi connectivity index (χ4v) is 3.25. The standard InChI is InChI=1S/C18H13BrFN3O2/c19-11-4-5-16-21-8-14(18(25)23(16)9-11)17(24)22-15-7-13(15)10-2-1-3-12(20)6-10/h1-6,8-9,13,15H,7H2,(H,22,24)/t13-,15-/m1/s1. The van der Waals surface area contributed by atoms with Crippen LogP contribution in [0.1, 0.15) is 28.3 Å². The van der Waals surface area contributed by atoms with Gasteiger partial charge in [-0.2, -0.15) is 0 Å². The number of hydrogen-bond acceptors (Lipinski definition) is 3. The third-order valence-electron chi connectivity index (χ3n) is 4.29. The molecule has 25 heavy (non-hydrogen) atoms. The van der Waals surface area contributed by atoms with Crippen molar-refractivity contribution in [2.24, 2.45) is 0 Å². The molecule has 1 fully saturated rings. The Labute approximate surface area is 150 Å². The van der Waals surface area contributed by atoms with Crippen LogP contribution in [0.2, 0.25) is 0 Å². The van der Waals surface area contributed by atoms with Gasteiger partial charge in [0, 0.05) is 28.8 Å². The molecule has 1 aromatic carbocycles. The van der Waals surface area contributed by atoms with Crippen molar-refractivity contribution >= 4 is 27.5 Å². The highest BCUT2D eigenvalue weighted by atomic mass is 79.9. The molecule has 0 aliphatic heterocycles. The summed E-state index contributed by atoms with van der Waals surface area (Å²) >= 11 is 3.30. The van der Waals surface area contributed by atoms with Crippen molar-refractivity contribution in [3.05, 3.63) is 80.6 Å². The van der Waals surface area contributed by atoms with Crippen LogP contribution in [0.3, 0.4) is 0 Å². The van der Waals surface area contributed by atoms with Gasteiger partial charge in [-0.3, -0.25) is 14.0 Å². The third-order valence-corrected chi connectivity index (χ3v) is 4.76. The second-order valence-corrected chi connectivity index (χ2v) is 6.95. The van der Waals surface area contributed by atoms with Gasteiger partial charge in [0.2, 0.25) is 0 Å². The maximum atomic E-state index is 13.3. The van der Waals surface area contributed by atoms with Crippen molar-refractivity contribution < 1.29 is 9.18 Å². The molecule has 2 heterocycles. The van der Waals surface area contributed by atoms with Crippen molar-refractivity contribution in [2.45, 2.75) is 18.4 Å². The van der Waals surface area contributed by atoms with Crippen molar-refractivity contribution in [3.8, 4) is 0 Å². The number of benzene rings is 1. The van der Waals surface area contributed by atoms with Gasteiger partial charge in [-0.15, -0.1) is 0 Å². The van der Waals surface area contributed by atoms with Gasteiger partial charge in [-0.05, 0) is 52.2 Å². The lowest BCUT2D eigenvalue weighted by Gasteiger charge is -2.06. The first-order valence-electron chi connectivity index (χ1n) is 7.76. The van der Waals surface area contributed by atoms with Crippen LogP contribution in [-0.4, -0.2) is 21.3 Å². The lowest BCUT2D eigenvalue weighted by molar-refractivity contribution is 0.0948. The van der Waals surface area contributed by atoms with Crippen LogP contribution in [0.25, 0.3) is 5.65 Å². The number of fused-ring (bicyclic) bond motifs is 1. The molecule has 0 saturated heterocycles. The van der Waals surface area contributed by atoms with E-state index in [2.05, 4.69) is 26.2 Å². The molecule has 0 radical (unpaired) electrons. The highest BCUT2D eigenvalue weighted by molar-refractivity contribution is 9.10. The highest BCUT2D eigenvalue weighted by Crippen LogP contribution is 2.40. The Morgan fingerprint density at radius 2 is 2.16 bits per heavy atom. The van der Waals surface area contributed by atoms with E-state index in [0.29, 0.717) is 5.65 Å². The van der Waals surface area contributed by atoms with Gasteiger partial charge >= 0.3 is 0 Å². The number of halogens is 2. The van der Waals surface area contributed by atoms with Crippen molar-refractivity contribution in [3.63, 3.8) is 0 Å². The van der Waals surface area contributed by atoms with Crippen molar-refractivity contribution in [2.75, 3.05) is 0 Å². The maximum absolute atomic E-state index is 13.3. The fourth-order valence-electron chi connectivity index (χ4n) is 2.91. The van der Waals surface area contributed by atoms with Crippen LogP contribution in [0, 0.1) is 5.82 Å². The molecular weight excluding hydrogens is 389 g/mol. The number of pyridine rings is 1. The number of carbonyl (C=O) groups is 1. The normalized spacial score (nSPS) is 19.0. The Balaban J connectivity index is 1.55.